The molecule has 1 heterocycles. The molecule has 0 aliphatic carbocycles. The van der Waals surface area contributed by atoms with Crippen LogP contribution in [0.15, 0.2) is 12.3 Å². The lowest BCUT2D eigenvalue weighted by atomic mass is 10.2. The van der Waals surface area contributed by atoms with Crippen LogP contribution in [0.1, 0.15) is 5.56 Å². The van der Waals surface area contributed by atoms with Crippen LogP contribution in [0.4, 0.5) is 0 Å². The summed E-state index contributed by atoms with van der Waals surface area (Å²) in [4.78, 5) is 3.82. The summed E-state index contributed by atoms with van der Waals surface area (Å²) in [6.07, 6.45) is 2.16. The lowest BCUT2D eigenvalue weighted by Gasteiger charge is -1.98. The molecule has 0 aliphatic heterocycles. The molecular weight excluding hydrogens is 185 g/mol. The van der Waals surface area contributed by atoms with Crippen LogP contribution in [-0.4, -0.2) is 16.7 Å². The molecule has 1 aromatic rings. The Morgan fingerprint density at radius 2 is 2.18 bits per heavy atom. The topological polar surface area (TPSA) is 33.1 Å². The smallest absolute Gasteiger partial charge is 0.147 e. The Kier molecular flexibility index (Phi) is 3.12. The number of hydrogen-bond donors (Lipinski definition) is 1. The number of aromatic nitrogens is 1. The van der Waals surface area contributed by atoms with Crippen molar-refractivity contribution in [2.45, 2.75) is 6.42 Å². The first-order chi connectivity index (χ1) is 5.24. The van der Waals surface area contributed by atoms with Crippen LogP contribution < -0.4 is 0 Å². The Morgan fingerprint density at radius 1 is 1.45 bits per heavy atom. The van der Waals surface area contributed by atoms with Gasteiger partial charge in [-0.3, -0.25) is 0 Å². The van der Waals surface area contributed by atoms with Crippen molar-refractivity contribution < 1.29 is 5.11 Å². The molecule has 0 aliphatic rings. The van der Waals surface area contributed by atoms with Crippen LogP contribution in [0.3, 0.4) is 0 Å². The molecule has 0 saturated heterocycles. The summed E-state index contributed by atoms with van der Waals surface area (Å²) in [5.74, 6) is 0. The molecular formula is C7H7Cl2NO. The van der Waals surface area contributed by atoms with Gasteiger partial charge in [-0.25, -0.2) is 4.98 Å². The second-order valence-corrected chi connectivity index (χ2v) is 2.86. The van der Waals surface area contributed by atoms with Gasteiger partial charge in [-0.05, 0) is 18.1 Å². The minimum atomic E-state index is 0.0969. The first-order valence-electron chi connectivity index (χ1n) is 3.15. The molecule has 0 amide bonds. The van der Waals surface area contributed by atoms with E-state index < -0.39 is 0 Å². The fourth-order valence-corrected chi connectivity index (χ4v) is 1.02. The zero-order valence-electron chi connectivity index (χ0n) is 5.72. The van der Waals surface area contributed by atoms with Crippen molar-refractivity contribution in [2.75, 3.05) is 6.61 Å². The largest absolute Gasteiger partial charge is 0.396 e. The monoisotopic (exact) mass is 191 g/mol. The fourth-order valence-electron chi connectivity index (χ4n) is 0.727. The van der Waals surface area contributed by atoms with E-state index in [1.54, 1.807) is 12.3 Å². The number of halogens is 2. The van der Waals surface area contributed by atoms with Gasteiger partial charge in [0.1, 0.15) is 5.15 Å². The fraction of sp³-hybridized carbons (Fsp3) is 0.286. The van der Waals surface area contributed by atoms with Gasteiger partial charge in [-0.1, -0.05) is 23.2 Å². The molecule has 0 atom stereocenters. The standard InChI is InChI=1S/C7H7Cl2NO/c8-6-3-5(1-2-11)4-10-7(6)9/h3-4,11H,1-2H2. The van der Waals surface area contributed by atoms with Gasteiger partial charge in [0.25, 0.3) is 0 Å². The third-order valence-corrected chi connectivity index (χ3v) is 1.94. The van der Waals surface area contributed by atoms with Crippen molar-refractivity contribution in [1.82, 2.24) is 4.98 Å². The third kappa shape index (κ3) is 2.33. The number of rotatable bonds is 2. The van der Waals surface area contributed by atoms with Gasteiger partial charge in [-0.2, -0.15) is 0 Å². The minimum absolute atomic E-state index is 0.0969. The first-order valence-corrected chi connectivity index (χ1v) is 3.90. The van der Waals surface area contributed by atoms with Crippen molar-refractivity contribution in [3.63, 3.8) is 0 Å². The minimum Gasteiger partial charge on any atom is -0.396 e. The number of nitrogens with zero attached hydrogens (tertiary/aromatic N) is 1. The van der Waals surface area contributed by atoms with Gasteiger partial charge in [0.05, 0.1) is 5.02 Å². The number of hydrogen-bond acceptors (Lipinski definition) is 2. The summed E-state index contributed by atoms with van der Waals surface area (Å²) in [5, 5.41) is 9.30. The van der Waals surface area contributed by atoms with Gasteiger partial charge in [0.2, 0.25) is 0 Å². The Morgan fingerprint density at radius 3 is 2.73 bits per heavy atom. The molecule has 0 aromatic carbocycles. The van der Waals surface area contributed by atoms with Crippen molar-refractivity contribution >= 4 is 23.2 Å². The Hall–Kier alpha value is -0.310. The van der Waals surface area contributed by atoms with E-state index in [1.165, 1.54) is 0 Å². The highest BCUT2D eigenvalue weighted by Gasteiger charge is 1.99. The second-order valence-electron chi connectivity index (χ2n) is 2.09. The predicted molar refractivity (Wildman–Crippen MR) is 45.0 cm³/mol. The molecule has 1 aromatic heterocycles. The summed E-state index contributed by atoms with van der Waals surface area (Å²) in [5.41, 5.74) is 0.891. The average Bonchev–Trinajstić information content (AvgIpc) is 1.98. The molecule has 0 saturated carbocycles. The first kappa shape index (κ1) is 8.78. The lowest BCUT2D eigenvalue weighted by molar-refractivity contribution is 0.299. The van der Waals surface area contributed by atoms with E-state index in [4.69, 9.17) is 28.3 Å². The Bertz CT molecular complexity index is 252. The normalized spacial score (nSPS) is 10.1. The van der Waals surface area contributed by atoms with Crippen LogP contribution in [0.25, 0.3) is 0 Å². The zero-order valence-corrected chi connectivity index (χ0v) is 7.23. The number of pyridine rings is 1. The predicted octanol–water partition coefficient (Wildman–Crippen LogP) is 1.92. The van der Waals surface area contributed by atoms with Crippen LogP contribution in [0.2, 0.25) is 10.2 Å². The number of aliphatic hydroxyl groups is 1. The third-order valence-electron chi connectivity index (χ3n) is 1.25. The van der Waals surface area contributed by atoms with Crippen molar-refractivity contribution in [1.29, 1.82) is 0 Å². The van der Waals surface area contributed by atoms with E-state index in [2.05, 4.69) is 4.98 Å². The molecule has 1 N–H and O–H groups in total. The Labute approximate surface area is 74.8 Å². The van der Waals surface area contributed by atoms with Crippen LogP contribution in [-0.2, 0) is 6.42 Å². The number of aliphatic hydroxyl groups excluding tert-OH is 1. The van der Waals surface area contributed by atoms with Gasteiger partial charge in [0.15, 0.2) is 0 Å². The molecule has 0 fully saturated rings. The van der Waals surface area contributed by atoms with Gasteiger partial charge in [0, 0.05) is 12.8 Å². The Balaban J connectivity index is 2.86. The second kappa shape index (κ2) is 3.90. The molecule has 0 radical (unpaired) electrons. The van der Waals surface area contributed by atoms with Crippen molar-refractivity contribution in [2.24, 2.45) is 0 Å². The molecule has 60 valence electrons. The quantitative estimate of drug-likeness (QED) is 0.726. The van der Waals surface area contributed by atoms with Crippen LogP contribution in [0.5, 0.6) is 0 Å². The van der Waals surface area contributed by atoms with E-state index in [0.29, 0.717) is 16.6 Å². The highest BCUT2D eigenvalue weighted by atomic mass is 35.5. The van der Waals surface area contributed by atoms with Crippen LogP contribution >= 0.6 is 23.2 Å². The molecule has 1 rings (SSSR count). The van der Waals surface area contributed by atoms with E-state index >= 15 is 0 Å². The maximum Gasteiger partial charge on any atom is 0.147 e. The molecule has 0 unspecified atom stereocenters. The maximum atomic E-state index is 8.58. The summed E-state index contributed by atoms with van der Waals surface area (Å²) in [6.45, 7) is 0.0969. The van der Waals surface area contributed by atoms with Crippen molar-refractivity contribution in [3.8, 4) is 0 Å². The molecule has 11 heavy (non-hydrogen) atoms. The van der Waals surface area contributed by atoms with Crippen LogP contribution in [0, 0.1) is 0 Å². The van der Waals surface area contributed by atoms with Gasteiger partial charge >= 0.3 is 0 Å². The summed E-state index contributed by atoms with van der Waals surface area (Å²) < 4.78 is 0. The molecule has 0 bridgehead atoms. The lowest BCUT2D eigenvalue weighted by Crippen LogP contribution is -1.91. The summed E-state index contributed by atoms with van der Waals surface area (Å²) in [7, 11) is 0. The van der Waals surface area contributed by atoms with Gasteiger partial charge < -0.3 is 5.11 Å². The highest BCUT2D eigenvalue weighted by Crippen LogP contribution is 2.19. The van der Waals surface area contributed by atoms with E-state index in [9.17, 15) is 0 Å². The SMILES string of the molecule is OCCc1cnc(Cl)c(Cl)c1. The average molecular weight is 192 g/mol. The summed E-state index contributed by atoms with van der Waals surface area (Å²) in [6, 6.07) is 1.70. The van der Waals surface area contributed by atoms with Gasteiger partial charge in [-0.15, -0.1) is 0 Å². The van der Waals surface area contributed by atoms with Crippen molar-refractivity contribution in [3.05, 3.63) is 28.0 Å². The maximum absolute atomic E-state index is 8.58. The molecule has 4 heteroatoms. The highest BCUT2D eigenvalue weighted by molar-refractivity contribution is 6.41. The molecule has 2 nitrogen and oxygen atoms in total. The van der Waals surface area contributed by atoms with E-state index in [-0.39, 0.29) is 6.61 Å². The summed E-state index contributed by atoms with van der Waals surface area (Å²) >= 11 is 11.2. The van der Waals surface area contributed by atoms with E-state index in [0.717, 1.165) is 5.56 Å². The zero-order chi connectivity index (χ0) is 8.27. The molecule has 0 spiro atoms. The van der Waals surface area contributed by atoms with E-state index in [1.807, 2.05) is 0 Å².